The Kier molecular flexibility index (Phi) is 5.27. The standard InChI is InChI=1S/C26H23NO5/c1-27(16-17-7-10-22-24(13-17)31-12-11-30-22)25(28)19-8-9-21-20(14-19)15-23(32-26(21)29)18-5-3-2-4-6-18/h2-10,13-14,23H,11-12,15-16H2,1H3. The number of hydrogen-bond donors (Lipinski definition) is 0. The van der Waals surface area contributed by atoms with Gasteiger partial charge in [-0.2, -0.15) is 0 Å². The molecule has 0 bridgehead atoms. The lowest BCUT2D eigenvalue weighted by Gasteiger charge is -2.26. The number of benzene rings is 3. The summed E-state index contributed by atoms with van der Waals surface area (Å²) >= 11 is 0. The van der Waals surface area contributed by atoms with Crippen LogP contribution in [-0.2, 0) is 17.7 Å². The number of hydrogen-bond acceptors (Lipinski definition) is 5. The van der Waals surface area contributed by atoms with Crippen molar-refractivity contribution in [3.63, 3.8) is 0 Å². The van der Waals surface area contributed by atoms with Gasteiger partial charge in [-0.05, 0) is 47.0 Å². The maximum Gasteiger partial charge on any atom is 0.339 e. The number of carbonyl (C=O) groups is 2. The van der Waals surface area contributed by atoms with Gasteiger partial charge in [0.2, 0.25) is 0 Å². The van der Waals surface area contributed by atoms with Crippen molar-refractivity contribution in [2.45, 2.75) is 19.1 Å². The van der Waals surface area contributed by atoms with Crippen LogP contribution in [0.2, 0.25) is 0 Å². The average Bonchev–Trinajstić information content (AvgIpc) is 2.83. The van der Waals surface area contributed by atoms with Crippen LogP contribution >= 0.6 is 0 Å². The lowest BCUT2D eigenvalue weighted by atomic mass is 9.93. The second-order valence-corrected chi connectivity index (χ2v) is 8.02. The average molecular weight is 429 g/mol. The number of carbonyl (C=O) groups excluding carboxylic acids is 2. The first-order valence-corrected chi connectivity index (χ1v) is 10.6. The van der Waals surface area contributed by atoms with E-state index in [0.717, 1.165) is 22.4 Å². The molecule has 1 atom stereocenters. The Morgan fingerprint density at radius 1 is 0.969 bits per heavy atom. The van der Waals surface area contributed by atoms with E-state index in [1.165, 1.54) is 0 Å². The molecule has 1 amide bonds. The van der Waals surface area contributed by atoms with Gasteiger partial charge in [0.25, 0.3) is 5.91 Å². The fourth-order valence-corrected chi connectivity index (χ4v) is 4.13. The van der Waals surface area contributed by atoms with Crippen LogP contribution in [0, 0.1) is 0 Å². The smallest absolute Gasteiger partial charge is 0.339 e. The van der Waals surface area contributed by atoms with Crippen LogP contribution in [0.4, 0.5) is 0 Å². The minimum atomic E-state index is -0.358. The normalized spacial score (nSPS) is 16.7. The highest BCUT2D eigenvalue weighted by Gasteiger charge is 2.28. The van der Waals surface area contributed by atoms with Crippen molar-refractivity contribution in [3.8, 4) is 11.5 Å². The molecular formula is C26H23NO5. The summed E-state index contributed by atoms with van der Waals surface area (Å²) in [4.78, 5) is 27.3. The number of ether oxygens (including phenoxy) is 3. The molecular weight excluding hydrogens is 406 g/mol. The molecule has 3 aromatic carbocycles. The van der Waals surface area contributed by atoms with Crippen molar-refractivity contribution >= 4 is 11.9 Å². The molecule has 0 radical (unpaired) electrons. The number of cyclic esters (lactones) is 1. The van der Waals surface area contributed by atoms with Crippen molar-refractivity contribution in [2.75, 3.05) is 20.3 Å². The Morgan fingerprint density at radius 3 is 2.56 bits per heavy atom. The topological polar surface area (TPSA) is 65.1 Å². The third-order valence-corrected chi connectivity index (χ3v) is 5.77. The number of nitrogens with zero attached hydrogens (tertiary/aromatic N) is 1. The van der Waals surface area contributed by atoms with E-state index in [4.69, 9.17) is 14.2 Å². The molecule has 1 unspecified atom stereocenters. The summed E-state index contributed by atoms with van der Waals surface area (Å²) in [5.41, 5.74) is 3.79. The van der Waals surface area contributed by atoms with Gasteiger partial charge in [0.1, 0.15) is 19.3 Å². The zero-order valence-corrected chi connectivity index (χ0v) is 17.7. The Balaban J connectivity index is 1.34. The Hall–Kier alpha value is -3.80. The van der Waals surface area contributed by atoms with Crippen molar-refractivity contribution < 1.29 is 23.8 Å². The summed E-state index contributed by atoms with van der Waals surface area (Å²) in [6, 6.07) is 20.6. The molecule has 5 rings (SSSR count). The van der Waals surface area contributed by atoms with E-state index in [2.05, 4.69) is 0 Å². The molecule has 0 saturated heterocycles. The Morgan fingerprint density at radius 2 is 1.75 bits per heavy atom. The lowest BCUT2D eigenvalue weighted by Crippen LogP contribution is -2.27. The van der Waals surface area contributed by atoms with Crippen LogP contribution in [-0.4, -0.2) is 37.0 Å². The lowest BCUT2D eigenvalue weighted by molar-refractivity contribution is 0.0252. The van der Waals surface area contributed by atoms with E-state index in [1.54, 1.807) is 24.1 Å². The van der Waals surface area contributed by atoms with Crippen molar-refractivity contribution in [3.05, 3.63) is 94.5 Å². The minimum Gasteiger partial charge on any atom is -0.486 e. The number of esters is 1. The third-order valence-electron chi connectivity index (χ3n) is 5.77. The van der Waals surface area contributed by atoms with Crippen molar-refractivity contribution in [2.24, 2.45) is 0 Å². The van der Waals surface area contributed by atoms with E-state index in [0.29, 0.717) is 43.1 Å². The van der Waals surface area contributed by atoms with E-state index >= 15 is 0 Å². The van der Waals surface area contributed by atoms with E-state index in [-0.39, 0.29) is 18.0 Å². The molecule has 0 saturated carbocycles. The summed E-state index contributed by atoms with van der Waals surface area (Å²) in [6.07, 6.45) is 0.190. The summed E-state index contributed by atoms with van der Waals surface area (Å²) < 4.78 is 16.8. The van der Waals surface area contributed by atoms with Crippen LogP contribution < -0.4 is 9.47 Å². The Labute approximate surface area is 186 Å². The molecule has 6 heteroatoms. The first-order valence-electron chi connectivity index (χ1n) is 10.6. The minimum absolute atomic E-state index is 0.113. The van der Waals surface area contributed by atoms with Gasteiger partial charge in [-0.25, -0.2) is 4.79 Å². The zero-order chi connectivity index (χ0) is 22.1. The molecule has 2 aliphatic heterocycles. The fraction of sp³-hybridized carbons (Fsp3) is 0.231. The van der Waals surface area contributed by atoms with E-state index in [9.17, 15) is 9.59 Å². The maximum atomic E-state index is 13.1. The second kappa shape index (κ2) is 8.38. The Bertz CT molecular complexity index is 1170. The molecule has 2 heterocycles. The quantitative estimate of drug-likeness (QED) is 0.582. The summed E-state index contributed by atoms with van der Waals surface area (Å²) in [5, 5.41) is 0. The SMILES string of the molecule is CN(Cc1ccc2c(c1)OCCO2)C(=O)c1ccc2c(c1)CC(c1ccccc1)OC2=O. The molecule has 32 heavy (non-hydrogen) atoms. The molecule has 2 aliphatic rings. The number of amides is 1. The van der Waals surface area contributed by atoms with Gasteiger partial charge in [-0.3, -0.25) is 4.79 Å². The van der Waals surface area contributed by atoms with Gasteiger partial charge in [0.05, 0.1) is 5.56 Å². The molecule has 0 fully saturated rings. The highest BCUT2D eigenvalue weighted by atomic mass is 16.6. The third kappa shape index (κ3) is 3.91. The van der Waals surface area contributed by atoms with Gasteiger partial charge in [0, 0.05) is 25.6 Å². The van der Waals surface area contributed by atoms with Gasteiger partial charge < -0.3 is 19.1 Å². The van der Waals surface area contributed by atoms with Crippen LogP contribution in [0.15, 0.2) is 66.7 Å². The van der Waals surface area contributed by atoms with Crippen molar-refractivity contribution in [1.82, 2.24) is 4.90 Å². The predicted octanol–water partition coefficient (Wildman–Crippen LogP) is 4.18. The van der Waals surface area contributed by atoms with Gasteiger partial charge in [-0.15, -0.1) is 0 Å². The number of rotatable bonds is 4. The predicted molar refractivity (Wildman–Crippen MR) is 118 cm³/mol. The molecule has 0 spiro atoms. The van der Waals surface area contributed by atoms with Crippen LogP contribution in [0.25, 0.3) is 0 Å². The monoisotopic (exact) mass is 429 g/mol. The number of fused-ring (bicyclic) bond motifs is 2. The fourth-order valence-electron chi connectivity index (χ4n) is 4.13. The van der Waals surface area contributed by atoms with Crippen LogP contribution in [0.1, 0.15) is 43.5 Å². The largest absolute Gasteiger partial charge is 0.486 e. The highest BCUT2D eigenvalue weighted by molar-refractivity contribution is 5.97. The molecule has 3 aromatic rings. The van der Waals surface area contributed by atoms with Crippen LogP contribution in [0.3, 0.4) is 0 Å². The molecule has 0 N–H and O–H groups in total. The first-order chi connectivity index (χ1) is 15.6. The molecule has 0 aliphatic carbocycles. The molecule has 6 nitrogen and oxygen atoms in total. The second-order valence-electron chi connectivity index (χ2n) is 8.02. The van der Waals surface area contributed by atoms with Gasteiger partial charge in [0.15, 0.2) is 11.5 Å². The van der Waals surface area contributed by atoms with E-state index in [1.807, 2.05) is 54.6 Å². The summed E-state index contributed by atoms with van der Waals surface area (Å²) in [5.74, 6) is 0.957. The van der Waals surface area contributed by atoms with Crippen LogP contribution in [0.5, 0.6) is 11.5 Å². The van der Waals surface area contributed by atoms with E-state index < -0.39 is 0 Å². The van der Waals surface area contributed by atoms with Gasteiger partial charge >= 0.3 is 5.97 Å². The summed E-state index contributed by atoms with van der Waals surface area (Å²) in [7, 11) is 1.76. The molecule has 0 aromatic heterocycles. The first kappa shape index (κ1) is 20.1. The van der Waals surface area contributed by atoms with Gasteiger partial charge in [-0.1, -0.05) is 36.4 Å². The van der Waals surface area contributed by atoms with Crippen molar-refractivity contribution in [1.29, 1.82) is 0 Å². The maximum absolute atomic E-state index is 13.1. The zero-order valence-electron chi connectivity index (χ0n) is 17.7. The molecule has 162 valence electrons. The summed E-state index contributed by atoms with van der Waals surface area (Å²) in [6.45, 7) is 1.50. The highest BCUT2D eigenvalue weighted by Crippen LogP contribution is 2.32.